The number of hydrogen-bond donors (Lipinski definition) is 0. The van der Waals surface area contributed by atoms with Gasteiger partial charge in [0.2, 0.25) is 5.90 Å². The van der Waals surface area contributed by atoms with Gasteiger partial charge in [-0.25, -0.2) is 0 Å². The van der Waals surface area contributed by atoms with Crippen LogP contribution in [0.5, 0.6) is 0 Å². The normalized spacial score (nSPS) is 16.3. The molecule has 52 valence electrons. The van der Waals surface area contributed by atoms with Gasteiger partial charge in [0.25, 0.3) is 6.79 Å². The maximum Gasteiger partial charge on any atom is 0.257 e. The molecule has 0 aromatic carbocycles. The first-order chi connectivity index (χ1) is 4.43. The van der Waals surface area contributed by atoms with Gasteiger partial charge < -0.3 is 9.57 Å². The van der Waals surface area contributed by atoms with E-state index in [2.05, 4.69) is 16.9 Å². The fourth-order valence-electron chi connectivity index (χ4n) is 0.665. The Bertz CT molecular complexity index is 112. The molecule has 0 atom stereocenters. The molecule has 1 aliphatic rings. The molecule has 0 aliphatic carbocycles. The largest absolute Gasteiger partial charge is 0.439 e. The molecule has 0 unspecified atom stereocenters. The van der Waals surface area contributed by atoms with Gasteiger partial charge in [0.15, 0.2) is 0 Å². The fraction of sp³-hybridized carbons (Fsp3) is 0.833. The van der Waals surface area contributed by atoms with Crippen LogP contribution < -0.4 is 0 Å². The van der Waals surface area contributed by atoms with Gasteiger partial charge in [0, 0.05) is 6.42 Å². The lowest BCUT2D eigenvalue weighted by molar-refractivity contribution is 0.0575. The number of nitrogens with zero attached hydrogens (tertiary/aromatic N) is 1. The van der Waals surface area contributed by atoms with Crippen molar-refractivity contribution >= 4 is 5.90 Å². The Morgan fingerprint density at radius 2 is 2.56 bits per heavy atom. The number of rotatable bonds is 3. The lowest BCUT2D eigenvalue weighted by Gasteiger charge is -1.93. The smallest absolute Gasteiger partial charge is 0.257 e. The average molecular weight is 129 g/mol. The molecule has 0 amide bonds. The van der Waals surface area contributed by atoms with Gasteiger partial charge in [0.05, 0.1) is 0 Å². The summed E-state index contributed by atoms with van der Waals surface area (Å²) in [6, 6.07) is 0. The van der Waals surface area contributed by atoms with Crippen molar-refractivity contribution in [2.75, 3.05) is 6.79 Å². The van der Waals surface area contributed by atoms with Crippen LogP contribution in [-0.4, -0.2) is 12.7 Å². The van der Waals surface area contributed by atoms with Crippen molar-refractivity contribution in [3.63, 3.8) is 0 Å². The summed E-state index contributed by atoms with van der Waals surface area (Å²) in [5, 5.41) is 3.67. The minimum absolute atomic E-state index is 0.305. The SMILES string of the molecule is CCCCC1=NOCO1. The maximum atomic E-state index is 4.98. The van der Waals surface area contributed by atoms with Crippen molar-refractivity contribution in [2.24, 2.45) is 5.16 Å². The Kier molecular flexibility index (Phi) is 2.36. The molecule has 0 N–H and O–H groups in total. The third-order valence-electron chi connectivity index (χ3n) is 1.19. The third kappa shape index (κ3) is 1.91. The summed E-state index contributed by atoms with van der Waals surface area (Å²) in [5.74, 6) is 0.747. The second kappa shape index (κ2) is 3.33. The molecule has 0 aromatic heterocycles. The van der Waals surface area contributed by atoms with Crippen molar-refractivity contribution in [1.82, 2.24) is 0 Å². The van der Waals surface area contributed by atoms with E-state index in [1.165, 1.54) is 6.42 Å². The molecule has 0 fully saturated rings. The van der Waals surface area contributed by atoms with E-state index in [1.807, 2.05) is 0 Å². The van der Waals surface area contributed by atoms with Crippen LogP contribution in [0.4, 0.5) is 0 Å². The summed E-state index contributed by atoms with van der Waals surface area (Å²) in [7, 11) is 0. The molecule has 0 bridgehead atoms. The first kappa shape index (κ1) is 6.39. The second-order valence-electron chi connectivity index (χ2n) is 1.98. The Morgan fingerprint density at radius 3 is 3.11 bits per heavy atom. The average Bonchev–Trinajstić information content (AvgIpc) is 2.34. The summed E-state index contributed by atoms with van der Waals surface area (Å²) >= 11 is 0. The van der Waals surface area contributed by atoms with Gasteiger partial charge in [-0.1, -0.05) is 13.3 Å². The highest BCUT2D eigenvalue weighted by Crippen LogP contribution is 2.03. The van der Waals surface area contributed by atoms with Crippen molar-refractivity contribution in [3.05, 3.63) is 0 Å². The summed E-state index contributed by atoms with van der Waals surface area (Å²) < 4.78 is 4.98. The van der Waals surface area contributed by atoms with Gasteiger partial charge >= 0.3 is 0 Å². The van der Waals surface area contributed by atoms with Crippen molar-refractivity contribution in [2.45, 2.75) is 26.2 Å². The number of unbranched alkanes of at least 4 members (excludes halogenated alkanes) is 1. The topological polar surface area (TPSA) is 30.8 Å². The predicted molar refractivity (Wildman–Crippen MR) is 34.0 cm³/mol. The Hall–Kier alpha value is -0.730. The molecular formula is C6H11NO2. The van der Waals surface area contributed by atoms with Gasteiger partial charge in [-0.05, 0) is 11.6 Å². The molecule has 0 radical (unpaired) electrons. The highest BCUT2D eigenvalue weighted by Gasteiger charge is 2.05. The van der Waals surface area contributed by atoms with E-state index in [1.54, 1.807) is 0 Å². The highest BCUT2D eigenvalue weighted by molar-refractivity contribution is 5.75. The van der Waals surface area contributed by atoms with Crippen LogP contribution in [0.2, 0.25) is 0 Å². The molecule has 0 saturated carbocycles. The van der Waals surface area contributed by atoms with Crippen LogP contribution in [-0.2, 0) is 9.57 Å². The van der Waals surface area contributed by atoms with Crippen LogP contribution in [0.15, 0.2) is 5.16 Å². The molecule has 3 nitrogen and oxygen atoms in total. The highest BCUT2D eigenvalue weighted by atomic mass is 16.8. The van der Waals surface area contributed by atoms with E-state index >= 15 is 0 Å². The van der Waals surface area contributed by atoms with Crippen molar-refractivity contribution in [3.8, 4) is 0 Å². The van der Waals surface area contributed by atoms with Gasteiger partial charge in [-0.3, -0.25) is 0 Å². The quantitative estimate of drug-likeness (QED) is 0.578. The van der Waals surface area contributed by atoms with Crippen LogP contribution in [0.1, 0.15) is 26.2 Å². The van der Waals surface area contributed by atoms with E-state index in [0.717, 1.165) is 18.7 Å². The first-order valence-corrected chi connectivity index (χ1v) is 3.25. The molecule has 0 aromatic rings. The zero-order valence-electron chi connectivity index (χ0n) is 5.59. The van der Waals surface area contributed by atoms with Gasteiger partial charge in [-0.2, -0.15) is 0 Å². The van der Waals surface area contributed by atoms with Crippen molar-refractivity contribution < 1.29 is 9.57 Å². The molecule has 0 saturated heterocycles. The fourth-order valence-corrected chi connectivity index (χ4v) is 0.665. The predicted octanol–water partition coefficient (Wildman–Crippen LogP) is 1.49. The molecular weight excluding hydrogens is 118 g/mol. The number of ether oxygens (including phenoxy) is 1. The summed E-state index contributed by atoms with van der Waals surface area (Å²) in [6.45, 7) is 2.44. The van der Waals surface area contributed by atoms with Crippen molar-refractivity contribution in [1.29, 1.82) is 0 Å². The lowest BCUT2D eigenvalue weighted by atomic mass is 10.2. The Morgan fingerprint density at radius 1 is 1.67 bits per heavy atom. The molecule has 1 heterocycles. The van der Waals surface area contributed by atoms with Gasteiger partial charge in [0.1, 0.15) is 0 Å². The zero-order valence-corrected chi connectivity index (χ0v) is 5.59. The third-order valence-corrected chi connectivity index (χ3v) is 1.19. The van der Waals surface area contributed by atoms with E-state index in [4.69, 9.17) is 4.74 Å². The summed E-state index contributed by atoms with van der Waals surface area (Å²) in [5.41, 5.74) is 0. The first-order valence-electron chi connectivity index (χ1n) is 3.25. The van der Waals surface area contributed by atoms with Crippen LogP contribution >= 0.6 is 0 Å². The minimum Gasteiger partial charge on any atom is -0.439 e. The van der Waals surface area contributed by atoms with E-state index in [-0.39, 0.29) is 0 Å². The van der Waals surface area contributed by atoms with E-state index in [0.29, 0.717) is 6.79 Å². The molecule has 0 spiro atoms. The summed E-state index contributed by atoms with van der Waals surface area (Å²) in [6.07, 6.45) is 3.21. The van der Waals surface area contributed by atoms with E-state index in [9.17, 15) is 0 Å². The molecule has 3 heteroatoms. The lowest BCUT2D eigenvalue weighted by Crippen LogP contribution is -1.97. The Labute approximate surface area is 54.6 Å². The van der Waals surface area contributed by atoms with E-state index < -0.39 is 0 Å². The molecule has 1 aliphatic heterocycles. The number of oxime groups is 1. The van der Waals surface area contributed by atoms with Gasteiger partial charge in [-0.15, -0.1) is 0 Å². The monoisotopic (exact) mass is 129 g/mol. The number of hydrogen-bond acceptors (Lipinski definition) is 3. The van der Waals surface area contributed by atoms with Crippen LogP contribution in [0, 0.1) is 0 Å². The summed E-state index contributed by atoms with van der Waals surface area (Å²) in [4.78, 5) is 4.62. The van der Waals surface area contributed by atoms with Crippen LogP contribution in [0.25, 0.3) is 0 Å². The molecule has 9 heavy (non-hydrogen) atoms. The minimum atomic E-state index is 0.305. The Balaban J connectivity index is 2.11. The maximum absolute atomic E-state index is 4.98. The standard InChI is InChI=1S/C6H11NO2/c1-2-3-4-6-7-9-5-8-6/h2-5H2,1H3. The second-order valence-corrected chi connectivity index (χ2v) is 1.98. The molecule has 1 rings (SSSR count). The zero-order chi connectivity index (χ0) is 6.53. The van der Waals surface area contributed by atoms with Crippen LogP contribution in [0.3, 0.4) is 0 Å².